The number of hydrogen-bond donors (Lipinski definition) is 1. The second kappa shape index (κ2) is 4.36. The highest BCUT2D eigenvalue weighted by Crippen LogP contribution is 2.60. The predicted molar refractivity (Wildman–Crippen MR) is 72.8 cm³/mol. The van der Waals surface area contributed by atoms with Crippen molar-refractivity contribution in [2.24, 2.45) is 17.3 Å². The Hall–Kier alpha value is -0.410. The van der Waals surface area contributed by atoms with Crippen LogP contribution in [-0.2, 0) is 6.42 Å². The molecule has 2 saturated carbocycles. The van der Waals surface area contributed by atoms with Gasteiger partial charge in [-0.15, -0.1) is 0 Å². The first-order valence-electron chi connectivity index (χ1n) is 6.45. The first kappa shape index (κ1) is 11.7. The van der Waals surface area contributed by atoms with Gasteiger partial charge in [0.1, 0.15) is 0 Å². The summed E-state index contributed by atoms with van der Waals surface area (Å²) in [6.07, 6.45) is 9.36. The highest BCUT2D eigenvalue weighted by Gasteiger charge is 2.53. The summed E-state index contributed by atoms with van der Waals surface area (Å²) >= 11 is 3.51. The fourth-order valence-electron chi connectivity index (χ4n) is 3.72. The zero-order valence-electron chi connectivity index (χ0n) is 10.2. The molecule has 2 unspecified atom stereocenters. The van der Waals surface area contributed by atoms with Gasteiger partial charge in [-0.2, -0.15) is 0 Å². The zero-order valence-corrected chi connectivity index (χ0v) is 11.8. The Labute approximate surface area is 111 Å². The van der Waals surface area contributed by atoms with Crippen LogP contribution in [0.3, 0.4) is 0 Å². The van der Waals surface area contributed by atoms with Crippen LogP contribution >= 0.6 is 15.9 Å². The van der Waals surface area contributed by atoms with Gasteiger partial charge >= 0.3 is 0 Å². The van der Waals surface area contributed by atoms with E-state index >= 15 is 0 Å². The fraction of sp³-hybridized carbons (Fsp3) is 0.643. The number of pyridine rings is 1. The van der Waals surface area contributed by atoms with E-state index in [4.69, 9.17) is 0 Å². The molecule has 0 saturated heterocycles. The molecule has 0 aliphatic heterocycles. The van der Waals surface area contributed by atoms with Gasteiger partial charge < -0.3 is 5.32 Å². The number of nitrogens with one attached hydrogen (secondary N) is 1. The smallest absolute Gasteiger partial charge is 0.0410 e. The molecule has 2 aliphatic rings. The normalized spacial score (nSPS) is 34.7. The standard InChI is InChI=1S/C14H19BrN2/c1-16-9-14(5-11-3-12(11)6-14)4-10-2-13(15)8-17-7-10/h2,7-8,11-12,16H,3-6,9H2,1H3. The van der Waals surface area contributed by atoms with E-state index in [0.717, 1.165) is 22.9 Å². The van der Waals surface area contributed by atoms with Crippen molar-refractivity contribution in [3.05, 3.63) is 28.5 Å². The summed E-state index contributed by atoms with van der Waals surface area (Å²) < 4.78 is 1.10. The zero-order chi connectivity index (χ0) is 11.9. The predicted octanol–water partition coefficient (Wildman–Crippen LogP) is 3.02. The van der Waals surface area contributed by atoms with E-state index in [9.17, 15) is 0 Å². The molecule has 1 N–H and O–H groups in total. The minimum absolute atomic E-state index is 0.491. The summed E-state index contributed by atoms with van der Waals surface area (Å²) in [5, 5.41) is 3.39. The third-order valence-electron chi connectivity index (χ3n) is 4.35. The lowest BCUT2D eigenvalue weighted by Crippen LogP contribution is -2.33. The highest BCUT2D eigenvalue weighted by atomic mass is 79.9. The summed E-state index contributed by atoms with van der Waals surface area (Å²) in [5.41, 5.74) is 1.86. The number of nitrogens with zero attached hydrogens (tertiary/aromatic N) is 1. The van der Waals surface area contributed by atoms with Crippen molar-refractivity contribution in [1.82, 2.24) is 10.3 Å². The Bertz CT molecular complexity index is 408. The molecule has 2 fully saturated rings. The summed E-state index contributed by atoms with van der Waals surface area (Å²) in [5.74, 6) is 2.06. The van der Waals surface area contributed by atoms with Crippen LogP contribution in [0, 0.1) is 17.3 Å². The van der Waals surface area contributed by atoms with E-state index in [1.54, 1.807) is 0 Å². The van der Waals surface area contributed by atoms with Crippen LogP contribution < -0.4 is 5.32 Å². The molecule has 92 valence electrons. The van der Waals surface area contributed by atoms with Crippen LogP contribution in [-0.4, -0.2) is 18.6 Å². The lowest BCUT2D eigenvalue weighted by Gasteiger charge is -2.31. The summed E-state index contributed by atoms with van der Waals surface area (Å²) in [6, 6.07) is 2.22. The molecule has 3 rings (SSSR count). The Morgan fingerprint density at radius 1 is 1.41 bits per heavy atom. The second-order valence-electron chi connectivity index (χ2n) is 5.88. The van der Waals surface area contributed by atoms with Gasteiger partial charge in [-0.25, -0.2) is 0 Å². The molecule has 2 nitrogen and oxygen atoms in total. The average Bonchev–Trinajstić information content (AvgIpc) is 2.87. The van der Waals surface area contributed by atoms with Crippen molar-refractivity contribution >= 4 is 15.9 Å². The number of rotatable bonds is 4. The molecule has 0 aromatic carbocycles. The topological polar surface area (TPSA) is 24.9 Å². The van der Waals surface area contributed by atoms with Crippen LogP contribution in [0.25, 0.3) is 0 Å². The molecule has 0 spiro atoms. The number of fused-ring (bicyclic) bond motifs is 1. The van der Waals surface area contributed by atoms with Gasteiger partial charge in [-0.3, -0.25) is 4.98 Å². The minimum Gasteiger partial charge on any atom is -0.319 e. The molecular weight excluding hydrogens is 276 g/mol. The summed E-state index contributed by atoms with van der Waals surface area (Å²) in [4.78, 5) is 4.28. The van der Waals surface area contributed by atoms with Crippen molar-refractivity contribution in [2.45, 2.75) is 25.7 Å². The first-order valence-corrected chi connectivity index (χ1v) is 7.24. The highest BCUT2D eigenvalue weighted by molar-refractivity contribution is 9.10. The van der Waals surface area contributed by atoms with Crippen molar-refractivity contribution in [2.75, 3.05) is 13.6 Å². The van der Waals surface area contributed by atoms with E-state index < -0.39 is 0 Å². The van der Waals surface area contributed by atoms with E-state index in [-0.39, 0.29) is 0 Å². The van der Waals surface area contributed by atoms with Crippen molar-refractivity contribution < 1.29 is 0 Å². The maximum absolute atomic E-state index is 4.28. The molecule has 2 aliphatic carbocycles. The Morgan fingerprint density at radius 2 is 2.18 bits per heavy atom. The molecule has 17 heavy (non-hydrogen) atoms. The summed E-state index contributed by atoms with van der Waals surface area (Å²) in [6.45, 7) is 1.15. The summed E-state index contributed by atoms with van der Waals surface area (Å²) in [7, 11) is 2.07. The second-order valence-corrected chi connectivity index (χ2v) is 6.80. The number of hydrogen-bond acceptors (Lipinski definition) is 2. The van der Waals surface area contributed by atoms with Gasteiger partial charge in [-0.1, -0.05) is 0 Å². The van der Waals surface area contributed by atoms with Crippen LogP contribution in [0.1, 0.15) is 24.8 Å². The third-order valence-corrected chi connectivity index (χ3v) is 4.79. The van der Waals surface area contributed by atoms with Gasteiger partial charge in [0.15, 0.2) is 0 Å². The quantitative estimate of drug-likeness (QED) is 0.923. The van der Waals surface area contributed by atoms with Crippen LogP contribution in [0.15, 0.2) is 22.9 Å². The van der Waals surface area contributed by atoms with Gasteiger partial charge in [-0.05, 0) is 77.5 Å². The Balaban J connectivity index is 1.76. The molecular formula is C14H19BrN2. The van der Waals surface area contributed by atoms with Crippen LogP contribution in [0.4, 0.5) is 0 Å². The van der Waals surface area contributed by atoms with E-state index in [1.807, 2.05) is 12.4 Å². The minimum atomic E-state index is 0.491. The molecule has 3 heteroatoms. The van der Waals surface area contributed by atoms with Crippen molar-refractivity contribution in [3.63, 3.8) is 0 Å². The maximum Gasteiger partial charge on any atom is 0.0410 e. The number of aromatic nitrogens is 1. The monoisotopic (exact) mass is 294 g/mol. The third kappa shape index (κ3) is 2.41. The van der Waals surface area contributed by atoms with Crippen LogP contribution in [0.5, 0.6) is 0 Å². The van der Waals surface area contributed by atoms with Gasteiger partial charge in [0.05, 0.1) is 0 Å². The molecule has 1 aromatic rings. The average molecular weight is 295 g/mol. The van der Waals surface area contributed by atoms with Crippen molar-refractivity contribution in [3.8, 4) is 0 Å². The van der Waals surface area contributed by atoms with Crippen molar-refractivity contribution in [1.29, 1.82) is 0 Å². The molecule has 0 bridgehead atoms. The lowest BCUT2D eigenvalue weighted by atomic mass is 9.77. The molecule has 1 aromatic heterocycles. The molecule has 0 amide bonds. The van der Waals surface area contributed by atoms with E-state index in [0.29, 0.717) is 5.41 Å². The van der Waals surface area contributed by atoms with E-state index in [1.165, 1.54) is 31.2 Å². The first-order chi connectivity index (χ1) is 8.21. The Morgan fingerprint density at radius 3 is 2.82 bits per heavy atom. The Kier molecular flexibility index (Phi) is 2.99. The number of halogens is 1. The van der Waals surface area contributed by atoms with Crippen LogP contribution in [0.2, 0.25) is 0 Å². The van der Waals surface area contributed by atoms with Gasteiger partial charge in [0.25, 0.3) is 0 Å². The van der Waals surface area contributed by atoms with Gasteiger partial charge in [0.2, 0.25) is 0 Å². The largest absolute Gasteiger partial charge is 0.319 e. The molecule has 0 radical (unpaired) electrons. The fourth-order valence-corrected chi connectivity index (χ4v) is 4.13. The molecule has 2 atom stereocenters. The van der Waals surface area contributed by atoms with E-state index in [2.05, 4.69) is 39.3 Å². The SMILES string of the molecule is CNCC1(Cc2cncc(Br)c2)CC2CC2C1. The van der Waals surface area contributed by atoms with Gasteiger partial charge in [0, 0.05) is 23.4 Å². The lowest BCUT2D eigenvalue weighted by molar-refractivity contribution is 0.255. The maximum atomic E-state index is 4.28. The molecule has 1 heterocycles.